The van der Waals surface area contributed by atoms with Crippen LogP contribution in [0.4, 0.5) is 4.39 Å². The molecule has 0 unspecified atom stereocenters. The first-order valence-electron chi connectivity index (χ1n) is 3.49. The Balaban J connectivity index is 3.04. The summed E-state index contributed by atoms with van der Waals surface area (Å²) >= 11 is 0. The third kappa shape index (κ3) is 1.99. The Morgan fingerprint density at radius 2 is 2.25 bits per heavy atom. The highest BCUT2D eigenvalue weighted by molar-refractivity contribution is 5.73. The number of halogens is 1. The van der Waals surface area contributed by atoms with Crippen LogP contribution in [-0.4, -0.2) is 11.3 Å². The zero-order valence-corrected chi connectivity index (χ0v) is 6.62. The van der Waals surface area contributed by atoms with Crippen LogP contribution >= 0.6 is 0 Å². The molecule has 0 aliphatic rings. The first kappa shape index (κ1) is 8.59. The molecule has 1 aromatic heterocycles. The fourth-order valence-corrected chi connectivity index (χ4v) is 0.807. The lowest BCUT2D eigenvalue weighted by molar-refractivity contribution is -0.104. The van der Waals surface area contributed by atoms with E-state index in [2.05, 4.69) is 4.98 Å². The highest BCUT2D eigenvalue weighted by Gasteiger charge is 1.98. The monoisotopic (exact) mass is 165 g/mol. The molecule has 3 heteroatoms. The van der Waals surface area contributed by atoms with Crippen molar-refractivity contribution in [2.75, 3.05) is 0 Å². The molecule has 0 radical (unpaired) electrons. The Morgan fingerprint density at radius 3 is 2.92 bits per heavy atom. The summed E-state index contributed by atoms with van der Waals surface area (Å²) in [6.45, 7) is 1.76. The quantitative estimate of drug-likeness (QED) is 0.493. The van der Waals surface area contributed by atoms with Crippen LogP contribution in [0.1, 0.15) is 11.4 Å². The summed E-state index contributed by atoms with van der Waals surface area (Å²) in [5, 5.41) is 0. The molecule has 12 heavy (non-hydrogen) atoms. The van der Waals surface area contributed by atoms with Crippen LogP contribution in [0.2, 0.25) is 0 Å². The van der Waals surface area contributed by atoms with Crippen LogP contribution in [0, 0.1) is 12.7 Å². The Morgan fingerprint density at radius 1 is 1.50 bits per heavy atom. The van der Waals surface area contributed by atoms with E-state index < -0.39 is 5.82 Å². The maximum Gasteiger partial charge on any atom is 0.148 e. The Hall–Kier alpha value is -1.51. The predicted molar refractivity (Wildman–Crippen MR) is 44.0 cm³/mol. The minimum absolute atomic E-state index is 0.196. The summed E-state index contributed by atoms with van der Waals surface area (Å²) in [6, 6.07) is 2.90. The number of aryl methyl sites for hydroxylation is 1. The van der Waals surface area contributed by atoms with Crippen molar-refractivity contribution in [1.29, 1.82) is 0 Å². The average Bonchev–Trinajstić information content (AvgIpc) is 2.07. The van der Waals surface area contributed by atoms with Gasteiger partial charge in [-0.3, -0.25) is 9.78 Å². The highest BCUT2D eigenvalue weighted by Crippen LogP contribution is 2.06. The lowest BCUT2D eigenvalue weighted by Crippen LogP contribution is -1.89. The SMILES string of the molecule is Cc1ccc(F)c(C=CC=O)n1. The summed E-state index contributed by atoms with van der Waals surface area (Å²) in [5.41, 5.74) is 0.920. The minimum Gasteiger partial charge on any atom is -0.299 e. The summed E-state index contributed by atoms with van der Waals surface area (Å²) < 4.78 is 12.9. The molecule has 0 N–H and O–H groups in total. The molecule has 0 aromatic carbocycles. The topological polar surface area (TPSA) is 30.0 Å². The molecule has 0 aliphatic heterocycles. The number of aromatic nitrogens is 1. The van der Waals surface area contributed by atoms with Gasteiger partial charge in [0.25, 0.3) is 0 Å². The van der Waals surface area contributed by atoms with Gasteiger partial charge < -0.3 is 0 Å². The average molecular weight is 165 g/mol. The number of hydrogen-bond donors (Lipinski definition) is 0. The van der Waals surface area contributed by atoms with Crippen molar-refractivity contribution < 1.29 is 9.18 Å². The number of hydrogen-bond acceptors (Lipinski definition) is 2. The molecule has 1 heterocycles. The van der Waals surface area contributed by atoms with Crippen molar-refractivity contribution in [3.8, 4) is 0 Å². The molecule has 0 fully saturated rings. The van der Waals surface area contributed by atoms with Crippen molar-refractivity contribution in [1.82, 2.24) is 4.98 Å². The zero-order chi connectivity index (χ0) is 8.97. The molecule has 62 valence electrons. The van der Waals surface area contributed by atoms with Gasteiger partial charge in [0.15, 0.2) is 0 Å². The van der Waals surface area contributed by atoms with E-state index in [1.54, 1.807) is 13.0 Å². The number of aldehydes is 1. The van der Waals surface area contributed by atoms with E-state index in [-0.39, 0.29) is 5.69 Å². The second kappa shape index (κ2) is 3.76. The summed E-state index contributed by atoms with van der Waals surface area (Å²) in [6.07, 6.45) is 3.14. The van der Waals surface area contributed by atoms with Gasteiger partial charge in [0.1, 0.15) is 12.1 Å². The molecule has 2 nitrogen and oxygen atoms in total. The molecule has 0 saturated heterocycles. The van der Waals surface area contributed by atoms with Crippen LogP contribution in [0.15, 0.2) is 18.2 Å². The minimum atomic E-state index is -0.418. The van der Waals surface area contributed by atoms with Crippen molar-refractivity contribution in [2.24, 2.45) is 0 Å². The molecular formula is C9H8FNO. The van der Waals surface area contributed by atoms with Crippen molar-refractivity contribution in [2.45, 2.75) is 6.92 Å². The number of carbonyl (C=O) groups is 1. The first-order chi connectivity index (χ1) is 5.74. The Kier molecular flexibility index (Phi) is 2.69. The van der Waals surface area contributed by atoms with E-state index in [9.17, 15) is 9.18 Å². The van der Waals surface area contributed by atoms with Gasteiger partial charge in [-0.25, -0.2) is 4.39 Å². The number of pyridine rings is 1. The fourth-order valence-electron chi connectivity index (χ4n) is 0.807. The van der Waals surface area contributed by atoms with Gasteiger partial charge in [-0.1, -0.05) is 0 Å². The van der Waals surface area contributed by atoms with E-state index in [0.717, 1.165) is 5.69 Å². The van der Waals surface area contributed by atoms with Gasteiger partial charge in [-0.2, -0.15) is 0 Å². The Labute approximate surface area is 69.7 Å². The molecule has 0 spiro atoms. The zero-order valence-electron chi connectivity index (χ0n) is 6.62. The van der Waals surface area contributed by atoms with E-state index in [1.807, 2.05) is 0 Å². The number of nitrogens with zero attached hydrogens (tertiary/aromatic N) is 1. The standard InChI is InChI=1S/C9H8FNO/c1-7-4-5-8(10)9(11-7)3-2-6-12/h2-6H,1H3. The van der Waals surface area contributed by atoms with Crippen molar-refractivity contribution >= 4 is 12.4 Å². The van der Waals surface area contributed by atoms with Gasteiger partial charge in [-0.15, -0.1) is 0 Å². The number of rotatable bonds is 2. The van der Waals surface area contributed by atoms with Crippen LogP contribution in [0.5, 0.6) is 0 Å². The molecule has 0 aliphatic carbocycles. The fraction of sp³-hybridized carbons (Fsp3) is 0.111. The number of carbonyl (C=O) groups excluding carboxylic acids is 1. The lowest BCUT2D eigenvalue weighted by atomic mass is 10.3. The van der Waals surface area contributed by atoms with E-state index in [4.69, 9.17) is 0 Å². The summed E-state index contributed by atoms with van der Waals surface area (Å²) in [5.74, 6) is -0.418. The van der Waals surface area contributed by atoms with E-state index in [1.165, 1.54) is 18.2 Å². The number of allylic oxidation sites excluding steroid dienone is 1. The Bertz CT molecular complexity index is 320. The summed E-state index contributed by atoms with van der Waals surface area (Å²) in [4.78, 5) is 13.8. The third-order valence-electron chi connectivity index (χ3n) is 1.35. The van der Waals surface area contributed by atoms with Gasteiger partial charge in [0.2, 0.25) is 0 Å². The van der Waals surface area contributed by atoms with Gasteiger partial charge >= 0.3 is 0 Å². The highest BCUT2D eigenvalue weighted by atomic mass is 19.1. The van der Waals surface area contributed by atoms with Gasteiger partial charge in [0.05, 0.1) is 5.69 Å². The van der Waals surface area contributed by atoms with Crippen LogP contribution in [0.3, 0.4) is 0 Å². The molecule has 1 rings (SSSR count). The smallest absolute Gasteiger partial charge is 0.148 e. The van der Waals surface area contributed by atoms with Gasteiger partial charge in [0, 0.05) is 5.69 Å². The second-order valence-corrected chi connectivity index (χ2v) is 2.31. The summed E-state index contributed by atoms with van der Waals surface area (Å²) in [7, 11) is 0. The largest absolute Gasteiger partial charge is 0.299 e. The predicted octanol–water partition coefficient (Wildman–Crippen LogP) is 1.74. The molecule has 0 bridgehead atoms. The van der Waals surface area contributed by atoms with Gasteiger partial charge in [-0.05, 0) is 31.2 Å². The maximum absolute atomic E-state index is 12.9. The van der Waals surface area contributed by atoms with Crippen LogP contribution in [-0.2, 0) is 4.79 Å². The molecule has 0 saturated carbocycles. The maximum atomic E-state index is 12.9. The second-order valence-electron chi connectivity index (χ2n) is 2.31. The first-order valence-corrected chi connectivity index (χ1v) is 3.49. The van der Waals surface area contributed by atoms with Crippen LogP contribution in [0.25, 0.3) is 6.08 Å². The van der Waals surface area contributed by atoms with Crippen LogP contribution < -0.4 is 0 Å². The molecule has 1 aromatic rings. The van der Waals surface area contributed by atoms with E-state index >= 15 is 0 Å². The normalized spacial score (nSPS) is 10.5. The third-order valence-corrected chi connectivity index (χ3v) is 1.35. The van der Waals surface area contributed by atoms with E-state index in [0.29, 0.717) is 6.29 Å². The lowest BCUT2D eigenvalue weighted by Gasteiger charge is -1.96. The molecule has 0 amide bonds. The molecule has 0 atom stereocenters. The van der Waals surface area contributed by atoms with Crippen molar-refractivity contribution in [3.63, 3.8) is 0 Å². The van der Waals surface area contributed by atoms with Crippen molar-refractivity contribution in [3.05, 3.63) is 35.4 Å². The molecular weight excluding hydrogens is 157 g/mol.